The Morgan fingerprint density at radius 1 is 0.971 bits per heavy atom. The molecule has 3 aromatic heterocycles. The molecule has 0 saturated carbocycles. The molecule has 0 aliphatic carbocycles. The number of aromatic nitrogens is 5. The van der Waals surface area contributed by atoms with E-state index < -0.39 is 0 Å². The van der Waals surface area contributed by atoms with Crippen molar-refractivity contribution in [1.29, 1.82) is 0 Å². The van der Waals surface area contributed by atoms with Crippen molar-refractivity contribution in [1.82, 2.24) is 34.5 Å². The van der Waals surface area contributed by atoms with E-state index in [0.29, 0.717) is 18.7 Å². The Morgan fingerprint density at radius 2 is 1.86 bits per heavy atom. The molecule has 178 valence electrons. The van der Waals surface area contributed by atoms with Gasteiger partial charge in [-0.15, -0.1) is 0 Å². The lowest BCUT2D eigenvalue weighted by Crippen LogP contribution is -2.36. The molecular formula is C27H29N7O. The molecule has 0 bridgehead atoms. The molecule has 0 spiro atoms. The summed E-state index contributed by atoms with van der Waals surface area (Å²) in [7, 11) is 1.87. The summed E-state index contributed by atoms with van der Waals surface area (Å²) < 4.78 is 1.74. The number of aryl methyl sites for hydroxylation is 1. The van der Waals surface area contributed by atoms with Gasteiger partial charge in [0.25, 0.3) is 5.91 Å². The molecule has 8 heteroatoms. The molecule has 0 N–H and O–H groups in total. The van der Waals surface area contributed by atoms with Gasteiger partial charge in [0.05, 0.1) is 23.1 Å². The summed E-state index contributed by atoms with van der Waals surface area (Å²) in [4.78, 5) is 31.1. The van der Waals surface area contributed by atoms with Crippen LogP contribution in [-0.2, 0) is 20.0 Å². The second-order valence-electron chi connectivity index (χ2n) is 9.07. The Hall–Kier alpha value is -3.91. The molecule has 35 heavy (non-hydrogen) atoms. The number of pyridine rings is 1. The SMILES string of the molecule is Cn1cc(-c2ccc(C(=O)N3CCN(Cc4ccccc4)C[C@H](Cc4cnccn4)C3)cn2)cn1. The van der Waals surface area contributed by atoms with Gasteiger partial charge in [0.2, 0.25) is 0 Å². The third-order valence-corrected chi connectivity index (χ3v) is 6.34. The van der Waals surface area contributed by atoms with Gasteiger partial charge in [-0.05, 0) is 30.0 Å². The topological polar surface area (TPSA) is 80.0 Å². The summed E-state index contributed by atoms with van der Waals surface area (Å²) in [5.41, 5.74) is 4.57. The van der Waals surface area contributed by atoms with Crippen molar-refractivity contribution in [2.45, 2.75) is 13.0 Å². The van der Waals surface area contributed by atoms with Crippen molar-refractivity contribution in [2.24, 2.45) is 13.0 Å². The van der Waals surface area contributed by atoms with Crippen LogP contribution in [0.5, 0.6) is 0 Å². The molecule has 1 atom stereocenters. The first-order valence-electron chi connectivity index (χ1n) is 11.9. The van der Waals surface area contributed by atoms with Crippen LogP contribution in [0.15, 0.2) is 79.6 Å². The van der Waals surface area contributed by atoms with E-state index in [1.807, 2.05) is 42.5 Å². The predicted molar refractivity (Wildman–Crippen MR) is 133 cm³/mol. The van der Waals surface area contributed by atoms with Gasteiger partial charge >= 0.3 is 0 Å². The number of hydrogen-bond acceptors (Lipinski definition) is 6. The zero-order valence-electron chi connectivity index (χ0n) is 19.9. The van der Waals surface area contributed by atoms with Gasteiger partial charge in [-0.3, -0.25) is 29.3 Å². The predicted octanol–water partition coefficient (Wildman–Crippen LogP) is 3.09. The molecule has 4 heterocycles. The number of nitrogens with zero attached hydrogens (tertiary/aromatic N) is 7. The lowest BCUT2D eigenvalue weighted by atomic mass is 10.0. The quantitative estimate of drug-likeness (QED) is 0.434. The third-order valence-electron chi connectivity index (χ3n) is 6.34. The summed E-state index contributed by atoms with van der Waals surface area (Å²) >= 11 is 0. The van der Waals surface area contributed by atoms with E-state index >= 15 is 0 Å². The Morgan fingerprint density at radius 3 is 2.57 bits per heavy atom. The van der Waals surface area contributed by atoms with E-state index in [1.165, 1.54) is 5.56 Å². The normalized spacial score (nSPS) is 16.7. The van der Waals surface area contributed by atoms with Crippen molar-refractivity contribution < 1.29 is 4.79 Å². The van der Waals surface area contributed by atoms with Crippen LogP contribution in [0.25, 0.3) is 11.3 Å². The third kappa shape index (κ3) is 5.78. The largest absolute Gasteiger partial charge is 0.337 e. The van der Waals surface area contributed by atoms with Crippen LogP contribution in [-0.4, -0.2) is 66.6 Å². The molecule has 1 aliphatic rings. The van der Waals surface area contributed by atoms with Crippen LogP contribution in [0.1, 0.15) is 21.6 Å². The Balaban J connectivity index is 1.33. The number of benzene rings is 1. The minimum Gasteiger partial charge on any atom is -0.337 e. The monoisotopic (exact) mass is 467 g/mol. The van der Waals surface area contributed by atoms with E-state index in [0.717, 1.165) is 43.0 Å². The standard InChI is InChI=1S/C27H29N7O/c1-32-20-24(15-31-32)26-8-7-23(14-30-26)27(35)34-12-11-33(17-21-5-3-2-4-6-21)18-22(19-34)13-25-16-28-9-10-29-25/h2-10,14-16,20,22H,11-13,17-19H2,1H3/t22-/m0/s1. The number of carbonyl (C=O) groups excluding carboxylic acids is 1. The van der Waals surface area contributed by atoms with E-state index in [4.69, 9.17) is 0 Å². The molecule has 1 aliphatic heterocycles. The first-order valence-corrected chi connectivity index (χ1v) is 11.9. The van der Waals surface area contributed by atoms with Crippen molar-refractivity contribution in [3.05, 3.63) is 96.5 Å². The zero-order valence-corrected chi connectivity index (χ0v) is 19.9. The maximum atomic E-state index is 13.5. The Kier molecular flexibility index (Phi) is 6.90. The molecule has 1 aromatic carbocycles. The second-order valence-corrected chi connectivity index (χ2v) is 9.07. The van der Waals surface area contributed by atoms with Gasteiger partial charge in [0, 0.05) is 76.3 Å². The molecule has 1 saturated heterocycles. The van der Waals surface area contributed by atoms with Crippen molar-refractivity contribution in [2.75, 3.05) is 26.2 Å². The fourth-order valence-electron chi connectivity index (χ4n) is 4.64. The van der Waals surface area contributed by atoms with E-state index in [-0.39, 0.29) is 11.8 Å². The second kappa shape index (κ2) is 10.6. The molecule has 0 radical (unpaired) electrons. The maximum Gasteiger partial charge on any atom is 0.255 e. The zero-order chi connectivity index (χ0) is 24.0. The van der Waals surface area contributed by atoms with Gasteiger partial charge < -0.3 is 4.90 Å². The highest BCUT2D eigenvalue weighted by molar-refractivity contribution is 5.94. The lowest BCUT2D eigenvalue weighted by Gasteiger charge is -2.24. The van der Waals surface area contributed by atoms with Crippen molar-refractivity contribution in [3.63, 3.8) is 0 Å². The summed E-state index contributed by atoms with van der Waals surface area (Å²) in [6, 6.07) is 14.2. The van der Waals surface area contributed by atoms with Crippen molar-refractivity contribution in [3.8, 4) is 11.3 Å². The average molecular weight is 468 g/mol. The smallest absolute Gasteiger partial charge is 0.255 e. The van der Waals surface area contributed by atoms with E-state index in [1.54, 1.807) is 29.5 Å². The van der Waals surface area contributed by atoms with Gasteiger partial charge in [-0.25, -0.2) is 0 Å². The molecule has 1 fully saturated rings. The number of amides is 1. The molecule has 5 rings (SSSR count). The van der Waals surface area contributed by atoms with Gasteiger partial charge in [-0.1, -0.05) is 30.3 Å². The summed E-state index contributed by atoms with van der Waals surface area (Å²) in [5.74, 6) is 0.269. The first kappa shape index (κ1) is 22.9. The average Bonchev–Trinajstić information content (AvgIpc) is 3.23. The highest BCUT2D eigenvalue weighted by Crippen LogP contribution is 2.20. The lowest BCUT2D eigenvalue weighted by molar-refractivity contribution is 0.0745. The van der Waals surface area contributed by atoms with Crippen LogP contribution >= 0.6 is 0 Å². The molecule has 8 nitrogen and oxygen atoms in total. The Labute approximate surface area is 205 Å². The van der Waals surface area contributed by atoms with E-state index in [2.05, 4.69) is 49.2 Å². The van der Waals surface area contributed by atoms with Crippen LogP contribution in [0, 0.1) is 5.92 Å². The molecule has 0 unspecified atom stereocenters. The first-order chi connectivity index (χ1) is 17.1. The highest BCUT2D eigenvalue weighted by Gasteiger charge is 2.27. The van der Waals surface area contributed by atoms with Crippen LogP contribution in [0.3, 0.4) is 0 Å². The summed E-state index contributed by atoms with van der Waals surface area (Å²) in [6.45, 7) is 3.92. The molecule has 1 amide bonds. The van der Waals surface area contributed by atoms with Crippen molar-refractivity contribution >= 4 is 5.91 Å². The highest BCUT2D eigenvalue weighted by atomic mass is 16.2. The minimum atomic E-state index is 0.0148. The van der Waals surface area contributed by atoms with Gasteiger partial charge in [0.1, 0.15) is 0 Å². The van der Waals surface area contributed by atoms with Crippen LogP contribution in [0.2, 0.25) is 0 Å². The van der Waals surface area contributed by atoms with E-state index in [9.17, 15) is 4.79 Å². The molecule has 4 aromatic rings. The number of carbonyl (C=O) groups is 1. The maximum absolute atomic E-state index is 13.5. The van der Waals surface area contributed by atoms with Gasteiger partial charge in [0.15, 0.2) is 0 Å². The minimum absolute atomic E-state index is 0.0148. The fourth-order valence-corrected chi connectivity index (χ4v) is 4.64. The van der Waals surface area contributed by atoms with Gasteiger partial charge in [-0.2, -0.15) is 5.10 Å². The summed E-state index contributed by atoms with van der Waals surface area (Å²) in [6.07, 6.45) is 11.4. The fraction of sp³-hybridized carbons (Fsp3) is 0.296. The van der Waals surface area contributed by atoms with Crippen LogP contribution in [0.4, 0.5) is 0 Å². The Bertz CT molecular complexity index is 1240. The number of rotatable bonds is 6. The summed E-state index contributed by atoms with van der Waals surface area (Å²) in [5, 5.41) is 4.20. The number of hydrogen-bond donors (Lipinski definition) is 0. The molecular weight excluding hydrogens is 438 g/mol. The van der Waals surface area contributed by atoms with Crippen LogP contribution < -0.4 is 0 Å².